The molecule has 4 aromatic rings. The van der Waals surface area contributed by atoms with Gasteiger partial charge in [-0.05, 0) is 59.0 Å². The zero-order valence-corrected chi connectivity index (χ0v) is 27.7. The van der Waals surface area contributed by atoms with Crippen LogP contribution in [0.15, 0.2) is 60.7 Å². The monoisotopic (exact) mass is 676 g/mol. The second-order valence-corrected chi connectivity index (χ2v) is 14.1. The Kier molecular flexibility index (Phi) is 10.3. The molecule has 232 valence electrons. The molecule has 0 saturated carbocycles. The van der Waals surface area contributed by atoms with Crippen molar-refractivity contribution in [1.82, 2.24) is 0 Å². The van der Waals surface area contributed by atoms with Crippen LogP contribution in [0.5, 0.6) is 11.5 Å². The number of halogens is 4. The minimum atomic E-state index is -0.570. The van der Waals surface area contributed by atoms with E-state index in [4.69, 9.17) is 55.9 Å². The molecule has 0 bridgehead atoms. The van der Waals surface area contributed by atoms with Gasteiger partial charge in [0.05, 0.1) is 44.4 Å². The highest BCUT2D eigenvalue weighted by Gasteiger charge is 2.24. The van der Waals surface area contributed by atoms with Gasteiger partial charge in [-0.15, -0.1) is 0 Å². The standard InChI is InChI=1S/C34H32Cl4O6/c1-33(2,17-43-31(41)23-11-25(35)29(39)26(36)12-23)15-19-5-7-22-10-20(6-8-21(22)9-19)16-34(3,4)18-44-32(42)24-13-27(37)30(40)28(38)14-24/h5-14,39-40H,15-18H2,1-4H3. The normalized spacial score (nSPS) is 11.9. The van der Waals surface area contributed by atoms with Crippen LogP contribution < -0.4 is 0 Å². The maximum atomic E-state index is 12.6. The summed E-state index contributed by atoms with van der Waals surface area (Å²) < 4.78 is 11.1. The average molecular weight is 678 g/mol. The molecule has 6 nitrogen and oxygen atoms in total. The van der Waals surface area contributed by atoms with Crippen LogP contribution >= 0.6 is 46.4 Å². The first-order chi connectivity index (χ1) is 20.5. The summed E-state index contributed by atoms with van der Waals surface area (Å²) in [7, 11) is 0. The van der Waals surface area contributed by atoms with Gasteiger partial charge in [-0.25, -0.2) is 9.59 Å². The van der Waals surface area contributed by atoms with Crippen molar-refractivity contribution >= 4 is 69.1 Å². The second kappa shape index (κ2) is 13.5. The van der Waals surface area contributed by atoms with Crippen molar-refractivity contribution < 1.29 is 29.3 Å². The number of benzene rings is 4. The lowest BCUT2D eigenvalue weighted by Crippen LogP contribution is -2.24. The molecular formula is C34H32Cl4O6. The third-order valence-electron chi connectivity index (χ3n) is 7.03. The van der Waals surface area contributed by atoms with E-state index in [0.29, 0.717) is 12.8 Å². The van der Waals surface area contributed by atoms with Crippen molar-refractivity contribution in [1.29, 1.82) is 0 Å². The molecule has 4 aromatic carbocycles. The van der Waals surface area contributed by atoms with Crippen LogP contribution in [-0.4, -0.2) is 35.4 Å². The van der Waals surface area contributed by atoms with Gasteiger partial charge in [0.15, 0.2) is 11.5 Å². The first-order valence-electron chi connectivity index (χ1n) is 13.8. The SMILES string of the molecule is CC(C)(COC(=O)c1cc(Cl)c(O)c(Cl)c1)Cc1ccc2cc(CC(C)(C)COC(=O)c3cc(Cl)c(O)c(Cl)c3)ccc2c1. The van der Waals surface area contributed by atoms with E-state index in [1.54, 1.807) is 0 Å². The lowest BCUT2D eigenvalue weighted by Gasteiger charge is -2.25. The number of phenols is 2. The molecule has 0 aliphatic heterocycles. The quantitative estimate of drug-likeness (QED) is 0.162. The van der Waals surface area contributed by atoms with Gasteiger partial charge in [-0.2, -0.15) is 0 Å². The minimum Gasteiger partial charge on any atom is -0.505 e. The van der Waals surface area contributed by atoms with Crippen LogP contribution in [0.1, 0.15) is 59.5 Å². The van der Waals surface area contributed by atoms with Gasteiger partial charge in [-0.1, -0.05) is 110 Å². The summed E-state index contributed by atoms with van der Waals surface area (Å²) in [6.45, 7) is 8.42. The molecule has 0 radical (unpaired) electrons. The van der Waals surface area contributed by atoms with E-state index < -0.39 is 11.9 Å². The lowest BCUT2D eigenvalue weighted by atomic mass is 9.84. The van der Waals surface area contributed by atoms with E-state index in [2.05, 4.69) is 36.4 Å². The van der Waals surface area contributed by atoms with Crippen LogP contribution in [0.2, 0.25) is 20.1 Å². The molecular weight excluding hydrogens is 646 g/mol. The van der Waals surface area contributed by atoms with E-state index in [1.807, 2.05) is 27.7 Å². The molecule has 0 aromatic heterocycles. The van der Waals surface area contributed by atoms with E-state index in [0.717, 1.165) is 21.9 Å². The third-order valence-corrected chi connectivity index (χ3v) is 8.18. The summed E-state index contributed by atoms with van der Waals surface area (Å²) in [6, 6.07) is 17.8. The highest BCUT2D eigenvalue weighted by Crippen LogP contribution is 2.35. The molecule has 0 atom stereocenters. The van der Waals surface area contributed by atoms with E-state index in [9.17, 15) is 19.8 Å². The highest BCUT2D eigenvalue weighted by molar-refractivity contribution is 6.38. The van der Waals surface area contributed by atoms with Crippen LogP contribution in [0, 0.1) is 10.8 Å². The van der Waals surface area contributed by atoms with Crippen molar-refractivity contribution in [2.75, 3.05) is 13.2 Å². The number of phenolic OH excluding ortho intramolecular Hbond substituents is 2. The molecule has 0 aliphatic carbocycles. The number of ether oxygens (including phenoxy) is 2. The predicted molar refractivity (Wildman–Crippen MR) is 176 cm³/mol. The summed E-state index contributed by atoms with van der Waals surface area (Å²) in [5, 5.41) is 21.6. The molecule has 0 aliphatic rings. The zero-order chi connectivity index (χ0) is 32.4. The van der Waals surface area contributed by atoms with Gasteiger partial charge < -0.3 is 19.7 Å². The van der Waals surface area contributed by atoms with E-state index in [1.165, 1.54) is 24.3 Å². The summed E-state index contributed by atoms with van der Waals surface area (Å²) in [4.78, 5) is 25.2. The Bertz CT molecular complexity index is 1560. The van der Waals surface area contributed by atoms with Crippen LogP contribution in [-0.2, 0) is 22.3 Å². The molecule has 2 N–H and O–H groups in total. The van der Waals surface area contributed by atoms with Gasteiger partial charge in [0.1, 0.15) is 0 Å². The largest absolute Gasteiger partial charge is 0.505 e. The van der Waals surface area contributed by atoms with Crippen LogP contribution in [0.4, 0.5) is 0 Å². The molecule has 0 saturated heterocycles. The predicted octanol–water partition coefficient (Wildman–Crippen LogP) is 9.72. The number of hydrogen-bond acceptors (Lipinski definition) is 6. The molecule has 0 spiro atoms. The highest BCUT2D eigenvalue weighted by atomic mass is 35.5. The fraction of sp³-hybridized carbons (Fsp3) is 0.294. The number of aromatic hydroxyl groups is 2. The fourth-order valence-electron chi connectivity index (χ4n) is 4.83. The molecule has 4 rings (SSSR count). The molecule has 0 amide bonds. The lowest BCUT2D eigenvalue weighted by molar-refractivity contribution is 0.0335. The summed E-state index contributed by atoms with van der Waals surface area (Å²) in [6.07, 6.45) is 1.34. The first-order valence-corrected chi connectivity index (χ1v) is 15.3. The number of carbonyl (C=O) groups excluding carboxylic acids is 2. The first kappa shape index (κ1) is 33.7. The zero-order valence-electron chi connectivity index (χ0n) is 24.6. The van der Waals surface area contributed by atoms with Gasteiger partial charge in [-0.3, -0.25) is 0 Å². The maximum absolute atomic E-state index is 12.6. The smallest absolute Gasteiger partial charge is 0.338 e. The third kappa shape index (κ3) is 8.51. The van der Waals surface area contributed by atoms with Gasteiger partial charge in [0.25, 0.3) is 0 Å². The fourth-order valence-corrected chi connectivity index (χ4v) is 5.80. The number of rotatable bonds is 10. The van der Waals surface area contributed by atoms with E-state index in [-0.39, 0.29) is 66.8 Å². The number of esters is 2. The Morgan fingerprint density at radius 1 is 0.591 bits per heavy atom. The van der Waals surface area contributed by atoms with Gasteiger partial charge in [0, 0.05) is 10.8 Å². The Hall–Kier alpha value is -3.16. The van der Waals surface area contributed by atoms with Crippen molar-refractivity contribution in [2.45, 2.75) is 40.5 Å². The topological polar surface area (TPSA) is 93.1 Å². The Labute approximate surface area is 276 Å². The Morgan fingerprint density at radius 2 is 0.909 bits per heavy atom. The molecule has 0 heterocycles. The molecule has 0 unspecified atom stereocenters. The number of hydrogen-bond donors (Lipinski definition) is 2. The van der Waals surface area contributed by atoms with Crippen LogP contribution in [0.3, 0.4) is 0 Å². The molecule has 0 fully saturated rings. The molecule has 44 heavy (non-hydrogen) atoms. The summed E-state index contributed by atoms with van der Waals surface area (Å²) >= 11 is 23.7. The van der Waals surface area contributed by atoms with Crippen molar-refractivity contribution in [3.8, 4) is 11.5 Å². The molecule has 10 heteroatoms. The Morgan fingerprint density at radius 3 is 1.23 bits per heavy atom. The van der Waals surface area contributed by atoms with Crippen molar-refractivity contribution in [2.24, 2.45) is 10.8 Å². The Balaban J connectivity index is 1.36. The maximum Gasteiger partial charge on any atom is 0.338 e. The summed E-state index contributed by atoms with van der Waals surface area (Å²) in [5.74, 6) is -1.69. The van der Waals surface area contributed by atoms with Crippen molar-refractivity contribution in [3.63, 3.8) is 0 Å². The number of fused-ring (bicyclic) bond motifs is 1. The second-order valence-electron chi connectivity index (χ2n) is 12.4. The van der Waals surface area contributed by atoms with Crippen molar-refractivity contribution in [3.05, 3.63) is 103 Å². The minimum absolute atomic E-state index is 0.0165. The van der Waals surface area contributed by atoms with E-state index >= 15 is 0 Å². The summed E-state index contributed by atoms with van der Waals surface area (Å²) in [5.41, 5.74) is 1.83. The number of carbonyl (C=O) groups is 2. The average Bonchev–Trinajstić information content (AvgIpc) is 2.95. The van der Waals surface area contributed by atoms with Gasteiger partial charge >= 0.3 is 11.9 Å². The van der Waals surface area contributed by atoms with Gasteiger partial charge in [0.2, 0.25) is 0 Å². The van der Waals surface area contributed by atoms with Crippen LogP contribution in [0.25, 0.3) is 10.8 Å².